The number of hydrogen-bond donors (Lipinski definition) is 2. The predicted octanol–water partition coefficient (Wildman–Crippen LogP) is 2.91. The molecule has 0 saturated heterocycles. The normalized spacial score (nSPS) is 29.8. The number of hydrogen-bond acceptors (Lipinski definition) is 2. The largest absolute Gasteiger partial charge is 0.395 e. The zero-order chi connectivity index (χ0) is 15.4. The Morgan fingerprint density at radius 3 is 3.13 bits per heavy atom. The Balaban J connectivity index is 1.80. The number of allylic oxidation sites excluding steroid dienone is 1. The number of rotatable bonds is 1. The summed E-state index contributed by atoms with van der Waals surface area (Å²) in [6, 6.07) is 8.89. The van der Waals surface area contributed by atoms with E-state index < -0.39 is 0 Å². The number of nitrogens with zero attached hydrogens (tertiary/aromatic N) is 1. The molecule has 0 unspecified atom stereocenters. The second-order valence-electron chi connectivity index (χ2n) is 7.13. The zero-order valence-electron chi connectivity index (χ0n) is 13.3. The highest BCUT2D eigenvalue weighted by molar-refractivity contribution is 5.85. The van der Waals surface area contributed by atoms with Crippen molar-refractivity contribution in [2.24, 2.45) is 0 Å². The van der Waals surface area contributed by atoms with Gasteiger partial charge in [-0.2, -0.15) is 0 Å². The smallest absolute Gasteiger partial charge is 0.0561 e. The van der Waals surface area contributed by atoms with Crippen LogP contribution in [-0.2, 0) is 11.8 Å². The van der Waals surface area contributed by atoms with Gasteiger partial charge in [-0.1, -0.05) is 36.4 Å². The number of aromatic nitrogens is 1. The molecular formula is C20H22N2O. The van der Waals surface area contributed by atoms with E-state index in [-0.39, 0.29) is 12.0 Å². The molecule has 23 heavy (non-hydrogen) atoms. The lowest BCUT2D eigenvalue weighted by Gasteiger charge is -2.48. The van der Waals surface area contributed by atoms with Gasteiger partial charge in [0, 0.05) is 35.7 Å². The summed E-state index contributed by atoms with van der Waals surface area (Å²) in [7, 11) is 0. The molecule has 3 heteroatoms. The van der Waals surface area contributed by atoms with E-state index >= 15 is 0 Å². The lowest BCUT2D eigenvalue weighted by Crippen LogP contribution is -2.55. The van der Waals surface area contributed by atoms with Crippen molar-refractivity contribution < 1.29 is 5.11 Å². The molecular weight excluding hydrogens is 284 g/mol. The van der Waals surface area contributed by atoms with Gasteiger partial charge in [0.25, 0.3) is 0 Å². The van der Waals surface area contributed by atoms with E-state index in [1.807, 2.05) is 0 Å². The molecule has 2 atom stereocenters. The molecule has 3 nitrogen and oxygen atoms in total. The molecule has 0 bridgehead atoms. The molecule has 0 amide bonds. The van der Waals surface area contributed by atoms with Crippen LogP contribution >= 0.6 is 0 Å². The third kappa shape index (κ3) is 1.72. The van der Waals surface area contributed by atoms with Crippen LogP contribution in [0.2, 0.25) is 0 Å². The quantitative estimate of drug-likeness (QED) is 0.850. The van der Waals surface area contributed by atoms with Crippen LogP contribution in [0.5, 0.6) is 0 Å². The van der Waals surface area contributed by atoms with E-state index in [0.717, 1.165) is 32.4 Å². The number of aliphatic hydroxyl groups is 1. The van der Waals surface area contributed by atoms with E-state index in [4.69, 9.17) is 0 Å². The fourth-order valence-electron chi connectivity index (χ4n) is 5.08. The van der Waals surface area contributed by atoms with Crippen LogP contribution in [-0.4, -0.2) is 40.7 Å². The molecule has 0 spiro atoms. The number of aromatic amines is 1. The summed E-state index contributed by atoms with van der Waals surface area (Å²) in [5.74, 6) is 0. The first kappa shape index (κ1) is 13.6. The maximum atomic E-state index is 10.5. The van der Waals surface area contributed by atoms with Crippen molar-refractivity contribution in [3.05, 3.63) is 59.3 Å². The monoisotopic (exact) mass is 306 g/mol. The number of para-hydroxylation sites is 1. The summed E-state index contributed by atoms with van der Waals surface area (Å²) < 4.78 is 0. The summed E-state index contributed by atoms with van der Waals surface area (Å²) in [5.41, 5.74) is 5.11. The highest BCUT2D eigenvalue weighted by atomic mass is 16.3. The molecule has 3 heterocycles. The number of H-pyrrole nitrogens is 1. The Labute approximate surface area is 136 Å². The van der Waals surface area contributed by atoms with E-state index in [9.17, 15) is 5.11 Å². The fourth-order valence-corrected chi connectivity index (χ4v) is 5.08. The van der Waals surface area contributed by atoms with Crippen LogP contribution in [0.25, 0.3) is 10.9 Å². The lowest BCUT2D eigenvalue weighted by atomic mass is 9.66. The lowest BCUT2D eigenvalue weighted by molar-refractivity contribution is 0.0854. The van der Waals surface area contributed by atoms with E-state index in [1.165, 1.54) is 27.7 Å². The van der Waals surface area contributed by atoms with Crippen LogP contribution in [0.4, 0.5) is 0 Å². The van der Waals surface area contributed by atoms with Crippen molar-refractivity contribution in [2.75, 3.05) is 19.7 Å². The van der Waals surface area contributed by atoms with Crippen molar-refractivity contribution in [1.29, 1.82) is 0 Å². The molecule has 1 aromatic carbocycles. The molecule has 0 radical (unpaired) electrons. The van der Waals surface area contributed by atoms with Crippen LogP contribution in [0.1, 0.15) is 24.1 Å². The third-order valence-electron chi connectivity index (χ3n) is 6.07. The van der Waals surface area contributed by atoms with E-state index in [1.54, 1.807) is 0 Å². The molecule has 2 N–H and O–H groups in total. The van der Waals surface area contributed by atoms with Crippen molar-refractivity contribution in [1.82, 2.24) is 9.88 Å². The molecule has 0 fully saturated rings. The van der Waals surface area contributed by atoms with Crippen LogP contribution in [0.15, 0.2) is 48.1 Å². The minimum Gasteiger partial charge on any atom is -0.395 e. The van der Waals surface area contributed by atoms with Crippen molar-refractivity contribution in [3.63, 3.8) is 0 Å². The Morgan fingerprint density at radius 1 is 1.30 bits per heavy atom. The van der Waals surface area contributed by atoms with Gasteiger partial charge in [-0.3, -0.25) is 4.90 Å². The average Bonchev–Trinajstić information content (AvgIpc) is 2.92. The van der Waals surface area contributed by atoms with Gasteiger partial charge in [0.2, 0.25) is 0 Å². The minimum absolute atomic E-state index is 0.195. The molecule has 2 aromatic rings. The standard InChI is InChI=1S/C20H22N2O/c23-13-20-10-3-5-14-6-4-11-22(19(14)20)12-9-16-15-7-1-2-8-17(15)21-18(16)20/h1-2,4-8,19,21,23H,3,9-13H2/t19-,20-/m1/s1. The van der Waals surface area contributed by atoms with Crippen molar-refractivity contribution in [3.8, 4) is 0 Å². The van der Waals surface area contributed by atoms with Gasteiger partial charge in [-0.25, -0.2) is 0 Å². The number of aliphatic hydroxyl groups excluding tert-OH is 1. The maximum absolute atomic E-state index is 10.5. The second-order valence-corrected chi connectivity index (χ2v) is 7.13. The number of benzene rings is 1. The highest BCUT2D eigenvalue weighted by Crippen LogP contribution is 2.47. The first-order chi connectivity index (χ1) is 11.3. The summed E-state index contributed by atoms with van der Waals surface area (Å²) >= 11 is 0. The fraction of sp³-hybridized carbons (Fsp3) is 0.400. The summed E-state index contributed by atoms with van der Waals surface area (Å²) in [6.07, 6.45) is 10.0. The van der Waals surface area contributed by atoms with Gasteiger partial charge in [0.1, 0.15) is 0 Å². The molecule has 0 saturated carbocycles. The molecule has 2 aliphatic heterocycles. The molecule has 1 aliphatic carbocycles. The van der Waals surface area contributed by atoms with Crippen LogP contribution < -0.4 is 0 Å². The Kier molecular flexibility index (Phi) is 2.85. The van der Waals surface area contributed by atoms with Gasteiger partial charge >= 0.3 is 0 Å². The van der Waals surface area contributed by atoms with Gasteiger partial charge in [0.15, 0.2) is 0 Å². The molecule has 3 aliphatic rings. The van der Waals surface area contributed by atoms with Crippen LogP contribution in [0.3, 0.4) is 0 Å². The van der Waals surface area contributed by atoms with Crippen LogP contribution in [0, 0.1) is 0 Å². The SMILES string of the molecule is OC[C@]12CCC=C3C=CCN(CCc4c1[nH]c1ccccc41)[C@H]32. The van der Waals surface area contributed by atoms with Gasteiger partial charge in [-0.05, 0) is 36.5 Å². The molecule has 5 rings (SSSR count). The van der Waals surface area contributed by atoms with Crippen molar-refractivity contribution in [2.45, 2.75) is 30.7 Å². The van der Waals surface area contributed by atoms with Gasteiger partial charge in [-0.15, -0.1) is 0 Å². The minimum atomic E-state index is -0.195. The Hall–Kier alpha value is -1.84. The summed E-state index contributed by atoms with van der Waals surface area (Å²) in [5, 5.41) is 11.9. The topological polar surface area (TPSA) is 39.3 Å². The Morgan fingerprint density at radius 2 is 2.22 bits per heavy atom. The van der Waals surface area contributed by atoms with E-state index in [0.29, 0.717) is 6.04 Å². The first-order valence-electron chi connectivity index (χ1n) is 8.65. The predicted molar refractivity (Wildman–Crippen MR) is 92.6 cm³/mol. The average molecular weight is 306 g/mol. The highest BCUT2D eigenvalue weighted by Gasteiger charge is 2.50. The first-order valence-corrected chi connectivity index (χ1v) is 8.65. The molecule has 118 valence electrons. The van der Waals surface area contributed by atoms with E-state index in [2.05, 4.69) is 52.4 Å². The second kappa shape index (κ2) is 4.83. The van der Waals surface area contributed by atoms with Gasteiger partial charge < -0.3 is 10.1 Å². The molecule has 1 aromatic heterocycles. The third-order valence-corrected chi connectivity index (χ3v) is 6.07. The summed E-state index contributed by atoms with van der Waals surface area (Å²) in [4.78, 5) is 6.26. The maximum Gasteiger partial charge on any atom is 0.0561 e. The zero-order valence-corrected chi connectivity index (χ0v) is 13.3. The summed E-state index contributed by atoms with van der Waals surface area (Å²) in [6.45, 7) is 2.26. The number of fused-ring (bicyclic) bond motifs is 4. The van der Waals surface area contributed by atoms with Crippen molar-refractivity contribution >= 4 is 10.9 Å². The Bertz CT molecular complexity index is 831. The van der Waals surface area contributed by atoms with Gasteiger partial charge in [0.05, 0.1) is 12.0 Å². The number of nitrogens with one attached hydrogen (secondary N) is 1.